The molecule has 7 heteroatoms. The number of ether oxygens (including phenoxy) is 1. The average molecular weight is 291 g/mol. The van der Waals surface area contributed by atoms with E-state index in [0.29, 0.717) is 36.4 Å². The topological polar surface area (TPSA) is 97.5 Å². The molecule has 0 spiro atoms. The van der Waals surface area contributed by atoms with E-state index in [1.54, 1.807) is 18.2 Å². The number of para-hydroxylation sites is 1. The molecule has 0 radical (unpaired) electrons. The van der Waals surface area contributed by atoms with Crippen molar-refractivity contribution in [2.45, 2.75) is 19.4 Å². The van der Waals surface area contributed by atoms with E-state index in [1.807, 2.05) is 6.07 Å². The number of carboxylic acid groups (broad SMARTS) is 1. The summed E-state index contributed by atoms with van der Waals surface area (Å²) in [5.74, 6) is -0.574. The zero-order valence-corrected chi connectivity index (χ0v) is 11.7. The lowest BCUT2D eigenvalue weighted by molar-refractivity contribution is 0.0691. The first kappa shape index (κ1) is 15.0. The predicted molar refractivity (Wildman–Crippen MR) is 75.3 cm³/mol. The number of aliphatic hydroxyl groups excluding tert-OH is 1. The standard InChI is InChI=1S/C14H17N3O4/c1-21-11-7-3-2-6-10(11)13-12(14(19)20)15-16-17(13)8-4-5-9-18/h2-3,6-7,18H,4-5,8-9H2,1H3,(H,19,20). The molecule has 0 fully saturated rings. The third-order valence-electron chi connectivity index (χ3n) is 3.08. The molecule has 0 aliphatic rings. The van der Waals surface area contributed by atoms with Gasteiger partial charge < -0.3 is 14.9 Å². The van der Waals surface area contributed by atoms with Crippen molar-refractivity contribution in [1.82, 2.24) is 15.0 Å². The van der Waals surface area contributed by atoms with Crippen molar-refractivity contribution in [1.29, 1.82) is 0 Å². The maximum Gasteiger partial charge on any atom is 0.358 e. The second-order valence-corrected chi connectivity index (χ2v) is 4.45. The summed E-state index contributed by atoms with van der Waals surface area (Å²) in [5, 5.41) is 25.8. The molecule has 0 saturated carbocycles. The van der Waals surface area contributed by atoms with E-state index in [9.17, 15) is 9.90 Å². The minimum atomic E-state index is -1.13. The molecule has 0 saturated heterocycles. The summed E-state index contributed by atoms with van der Waals surface area (Å²) < 4.78 is 6.82. The van der Waals surface area contributed by atoms with Crippen LogP contribution in [0.5, 0.6) is 5.75 Å². The zero-order chi connectivity index (χ0) is 15.2. The van der Waals surface area contributed by atoms with Crippen LogP contribution in [0, 0.1) is 0 Å². The molecular weight excluding hydrogens is 274 g/mol. The van der Waals surface area contributed by atoms with Gasteiger partial charge in [-0.05, 0) is 25.0 Å². The largest absolute Gasteiger partial charge is 0.496 e. The van der Waals surface area contributed by atoms with Gasteiger partial charge in [-0.1, -0.05) is 17.3 Å². The number of hydrogen-bond acceptors (Lipinski definition) is 5. The number of aliphatic hydroxyl groups is 1. The fraction of sp³-hybridized carbons (Fsp3) is 0.357. The number of carbonyl (C=O) groups is 1. The van der Waals surface area contributed by atoms with Gasteiger partial charge in [-0.2, -0.15) is 0 Å². The lowest BCUT2D eigenvalue weighted by atomic mass is 10.1. The molecule has 1 aromatic heterocycles. The first-order valence-electron chi connectivity index (χ1n) is 6.60. The summed E-state index contributed by atoms with van der Waals surface area (Å²) in [4.78, 5) is 11.3. The Hall–Kier alpha value is -2.41. The fourth-order valence-corrected chi connectivity index (χ4v) is 2.09. The molecular formula is C14H17N3O4. The van der Waals surface area contributed by atoms with E-state index in [1.165, 1.54) is 11.8 Å². The van der Waals surface area contributed by atoms with Gasteiger partial charge in [0.2, 0.25) is 0 Å². The second kappa shape index (κ2) is 6.85. The number of aromatic nitrogens is 3. The number of unbranched alkanes of at least 4 members (excludes halogenated alkanes) is 1. The molecule has 112 valence electrons. The van der Waals surface area contributed by atoms with Gasteiger partial charge in [0.1, 0.15) is 11.4 Å². The number of nitrogens with zero attached hydrogens (tertiary/aromatic N) is 3. The van der Waals surface area contributed by atoms with Gasteiger partial charge in [0.25, 0.3) is 0 Å². The molecule has 7 nitrogen and oxygen atoms in total. The van der Waals surface area contributed by atoms with Gasteiger partial charge in [0.15, 0.2) is 5.69 Å². The van der Waals surface area contributed by atoms with Crippen LogP contribution in [0.3, 0.4) is 0 Å². The quantitative estimate of drug-likeness (QED) is 0.749. The maximum atomic E-state index is 11.3. The minimum absolute atomic E-state index is 0.0878. The number of hydrogen-bond donors (Lipinski definition) is 2. The van der Waals surface area contributed by atoms with Crippen molar-refractivity contribution in [3.05, 3.63) is 30.0 Å². The molecule has 0 amide bonds. The number of aryl methyl sites for hydroxylation is 1. The number of rotatable bonds is 7. The molecule has 1 aromatic carbocycles. The number of benzene rings is 1. The first-order valence-corrected chi connectivity index (χ1v) is 6.60. The van der Waals surface area contributed by atoms with Crippen LogP contribution in [0.15, 0.2) is 24.3 Å². The lowest BCUT2D eigenvalue weighted by Crippen LogP contribution is -2.06. The second-order valence-electron chi connectivity index (χ2n) is 4.45. The van der Waals surface area contributed by atoms with Crippen molar-refractivity contribution >= 4 is 5.97 Å². The smallest absolute Gasteiger partial charge is 0.358 e. The van der Waals surface area contributed by atoms with Crippen molar-refractivity contribution in [3.8, 4) is 17.0 Å². The van der Waals surface area contributed by atoms with E-state index in [2.05, 4.69) is 10.3 Å². The fourth-order valence-electron chi connectivity index (χ4n) is 2.09. The van der Waals surface area contributed by atoms with Crippen LogP contribution in [-0.4, -0.2) is 44.9 Å². The highest BCUT2D eigenvalue weighted by Crippen LogP contribution is 2.31. The molecule has 2 rings (SSSR count). The Bertz CT molecular complexity index is 624. The van der Waals surface area contributed by atoms with Crippen LogP contribution in [-0.2, 0) is 6.54 Å². The van der Waals surface area contributed by atoms with E-state index >= 15 is 0 Å². The Kier molecular flexibility index (Phi) is 4.89. The van der Waals surface area contributed by atoms with Crippen LogP contribution in [0.1, 0.15) is 23.3 Å². The van der Waals surface area contributed by atoms with E-state index < -0.39 is 5.97 Å². The monoisotopic (exact) mass is 291 g/mol. The van der Waals surface area contributed by atoms with E-state index in [4.69, 9.17) is 9.84 Å². The van der Waals surface area contributed by atoms with Crippen LogP contribution >= 0.6 is 0 Å². The van der Waals surface area contributed by atoms with Gasteiger partial charge in [-0.25, -0.2) is 9.48 Å². The Balaban J connectivity index is 2.48. The van der Waals surface area contributed by atoms with Crippen molar-refractivity contribution in [3.63, 3.8) is 0 Å². The highest BCUT2D eigenvalue weighted by molar-refractivity contribution is 5.93. The highest BCUT2D eigenvalue weighted by atomic mass is 16.5. The Morgan fingerprint density at radius 1 is 1.33 bits per heavy atom. The third kappa shape index (κ3) is 3.19. The van der Waals surface area contributed by atoms with Crippen molar-refractivity contribution < 1.29 is 19.7 Å². The number of methoxy groups -OCH3 is 1. The molecule has 0 bridgehead atoms. The van der Waals surface area contributed by atoms with Gasteiger partial charge in [-0.3, -0.25) is 0 Å². The molecule has 1 heterocycles. The molecule has 0 aliphatic carbocycles. The van der Waals surface area contributed by atoms with Crippen LogP contribution in [0.2, 0.25) is 0 Å². The zero-order valence-electron chi connectivity index (χ0n) is 11.7. The van der Waals surface area contributed by atoms with Crippen LogP contribution in [0.4, 0.5) is 0 Å². The summed E-state index contributed by atoms with van der Waals surface area (Å²) in [5.41, 5.74) is 0.938. The summed E-state index contributed by atoms with van der Waals surface area (Å²) >= 11 is 0. The molecule has 0 unspecified atom stereocenters. The van der Waals surface area contributed by atoms with Gasteiger partial charge in [0.05, 0.1) is 7.11 Å². The molecule has 0 atom stereocenters. The normalized spacial score (nSPS) is 10.6. The lowest BCUT2D eigenvalue weighted by Gasteiger charge is -2.10. The Morgan fingerprint density at radius 2 is 2.10 bits per heavy atom. The highest BCUT2D eigenvalue weighted by Gasteiger charge is 2.22. The van der Waals surface area contributed by atoms with Crippen molar-refractivity contribution in [2.24, 2.45) is 0 Å². The summed E-state index contributed by atoms with van der Waals surface area (Å²) in [6.45, 7) is 0.568. The molecule has 0 aliphatic heterocycles. The van der Waals surface area contributed by atoms with Crippen molar-refractivity contribution in [2.75, 3.05) is 13.7 Å². The average Bonchev–Trinajstić information content (AvgIpc) is 2.91. The SMILES string of the molecule is COc1ccccc1-c1c(C(=O)O)nnn1CCCCO. The van der Waals surface area contributed by atoms with E-state index in [-0.39, 0.29) is 12.3 Å². The molecule has 21 heavy (non-hydrogen) atoms. The number of carboxylic acids is 1. The van der Waals surface area contributed by atoms with Gasteiger partial charge >= 0.3 is 5.97 Å². The Morgan fingerprint density at radius 3 is 2.76 bits per heavy atom. The third-order valence-corrected chi connectivity index (χ3v) is 3.08. The predicted octanol–water partition coefficient (Wildman–Crippen LogP) is 1.42. The van der Waals surface area contributed by atoms with E-state index in [0.717, 1.165) is 0 Å². The first-order chi connectivity index (χ1) is 10.2. The van der Waals surface area contributed by atoms with Crippen LogP contribution in [0.25, 0.3) is 11.3 Å². The summed E-state index contributed by atoms with van der Waals surface area (Å²) in [6, 6.07) is 7.13. The number of aromatic carboxylic acids is 1. The molecule has 2 aromatic rings. The van der Waals surface area contributed by atoms with Gasteiger partial charge in [-0.15, -0.1) is 5.10 Å². The van der Waals surface area contributed by atoms with Gasteiger partial charge in [0, 0.05) is 18.7 Å². The molecule has 2 N–H and O–H groups in total. The van der Waals surface area contributed by atoms with Crippen LogP contribution < -0.4 is 4.74 Å². The summed E-state index contributed by atoms with van der Waals surface area (Å²) in [7, 11) is 1.53. The minimum Gasteiger partial charge on any atom is -0.496 e. The Labute approximate surface area is 121 Å². The maximum absolute atomic E-state index is 11.3. The summed E-state index contributed by atoms with van der Waals surface area (Å²) in [6.07, 6.45) is 1.30.